The normalized spacial score (nSPS) is 10.6. The Kier molecular flexibility index (Phi) is 6.15. The Morgan fingerprint density at radius 1 is 1.06 bits per heavy atom. The highest BCUT2D eigenvalue weighted by Crippen LogP contribution is 2.30. The summed E-state index contributed by atoms with van der Waals surface area (Å²) in [5.74, 6) is -0.330. The minimum absolute atomic E-state index is 0.118. The van der Waals surface area contributed by atoms with Gasteiger partial charge in [0.1, 0.15) is 10.7 Å². The van der Waals surface area contributed by atoms with Gasteiger partial charge in [-0.1, -0.05) is 30.3 Å². The molecule has 31 heavy (non-hydrogen) atoms. The number of benzene rings is 2. The zero-order valence-corrected chi connectivity index (χ0v) is 18.5. The van der Waals surface area contributed by atoms with E-state index < -0.39 is 0 Å². The zero-order chi connectivity index (χ0) is 21.8. The van der Waals surface area contributed by atoms with Gasteiger partial charge in [0, 0.05) is 36.1 Å². The van der Waals surface area contributed by atoms with Crippen LogP contribution < -0.4 is 5.32 Å². The van der Waals surface area contributed by atoms with Crippen molar-refractivity contribution in [2.75, 3.05) is 19.4 Å². The van der Waals surface area contributed by atoms with Crippen LogP contribution >= 0.6 is 23.1 Å². The van der Waals surface area contributed by atoms with Crippen LogP contribution in [0.3, 0.4) is 0 Å². The number of nitrogens with zero attached hydrogens (tertiary/aromatic N) is 4. The Bertz CT molecular complexity index is 1220. The van der Waals surface area contributed by atoms with Gasteiger partial charge in [-0.15, -0.1) is 11.3 Å². The Labute approximate surface area is 187 Å². The monoisotopic (exact) mass is 449 g/mol. The first kappa shape index (κ1) is 20.8. The number of thioether (sulfide) groups is 1. The van der Waals surface area contributed by atoms with Crippen molar-refractivity contribution < 1.29 is 9.59 Å². The molecule has 0 aliphatic rings. The molecular weight excluding hydrogens is 430 g/mol. The van der Waals surface area contributed by atoms with Crippen LogP contribution in [0.4, 0.5) is 10.5 Å². The van der Waals surface area contributed by atoms with Crippen molar-refractivity contribution in [1.82, 2.24) is 19.7 Å². The van der Waals surface area contributed by atoms with E-state index in [9.17, 15) is 9.59 Å². The average Bonchev–Trinajstić information content (AvgIpc) is 3.45. The van der Waals surface area contributed by atoms with Gasteiger partial charge in [-0.25, -0.2) is 9.67 Å². The molecule has 1 N–H and O–H groups in total. The van der Waals surface area contributed by atoms with E-state index in [0.717, 1.165) is 23.0 Å². The maximum absolute atomic E-state index is 12.8. The van der Waals surface area contributed by atoms with Gasteiger partial charge >= 0.3 is 0 Å². The first-order valence-corrected chi connectivity index (χ1v) is 11.1. The van der Waals surface area contributed by atoms with Gasteiger partial charge in [-0.05, 0) is 36.0 Å². The van der Waals surface area contributed by atoms with Crippen LogP contribution in [0.15, 0.2) is 77.3 Å². The van der Waals surface area contributed by atoms with Crippen molar-refractivity contribution in [3.8, 4) is 16.3 Å². The van der Waals surface area contributed by atoms with Gasteiger partial charge in [-0.3, -0.25) is 9.59 Å². The molecule has 0 radical (unpaired) electrons. The molecule has 9 heteroatoms. The van der Waals surface area contributed by atoms with Gasteiger partial charge in [0.25, 0.3) is 11.1 Å². The fourth-order valence-electron chi connectivity index (χ4n) is 2.70. The SMILES string of the molecule is CN(C)C(=O)Sc1ccccc1NC(=O)c1csc(-c2cnn(-c3ccccc3)c2)n1. The van der Waals surface area contributed by atoms with E-state index in [1.54, 1.807) is 42.5 Å². The van der Waals surface area contributed by atoms with E-state index in [2.05, 4.69) is 15.4 Å². The fraction of sp³-hybridized carbons (Fsp3) is 0.0909. The summed E-state index contributed by atoms with van der Waals surface area (Å²) in [7, 11) is 3.38. The summed E-state index contributed by atoms with van der Waals surface area (Å²) in [5.41, 5.74) is 2.66. The first-order valence-electron chi connectivity index (χ1n) is 9.37. The van der Waals surface area contributed by atoms with Crippen molar-refractivity contribution in [1.29, 1.82) is 0 Å². The molecule has 0 saturated carbocycles. The highest BCUT2D eigenvalue weighted by molar-refractivity contribution is 8.13. The molecule has 2 aromatic carbocycles. The highest BCUT2D eigenvalue weighted by atomic mass is 32.2. The smallest absolute Gasteiger partial charge is 0.286 e. The van der Waals surface area contributed by atoms with Gasteiger partial charge in [-0.2, -0.15) is 5.10 Å². The summed E-state index contributed by atoms with van der Waals surface area (Å²) in [5, 5.41) is 9.54. The second-order valence-corrected chi connectivity index (χ2v) is 8.61. The minimum Gasteiger partial charge on any atom is -0.339 e. The maximum atomic E-state index is 12.8. The molecule has 0 aliphatic carbocycles. The molecule has 0 saturated heterocycles. The topological polar surface area (TPSA) is 80.1 Å². The summed E-state index contributed by atoms with van der Waals surface area (Å²) in [6.07, 6.45) is 3.61. The molecule has 0 unspecified atom stereocenters. The van der Waals surface area contributed by atoms with Crippen LogP contribution in [0.2, 0.25) is 0 Å². The number of para-hydroxylation sites is 2. The Morgan fingerprint density at radius 3 is 2.58 bits per heavy atom. The summed E-state index contributed by atoms with van der Waals surface area (Å²) in [6, 6.07) is 17.0. The predicted molar refractivity (Wildman–Crippen MR) is 124 cm³/mol. The average molecular weight is 450 g/mol. The molecule has 2 amide bonds. The maximum Gasteiger partial charge on any atom is 0.286 e. The van der Waals surface area contributed by atoms with E-state index in [1.807, 2.05) is 48.7 Å². The highest BCUT2D eigenvalue weighted by Gasteiger charge is 2.16. The molecule has 4 aromatic rings. The van der Waals surface area contributed by atoms with Gasteiger partial charge in [0.15, 0.2) is 0 Å². The number of amides is 2. The van der Waals surface area contributed by atoms with Crippen molar-refractivity contribution in [2.24, 2.45) is 0 Å². The number of thiazole rings is 1. The molecular formula is C22H19N5O2S2. The fourth-order valence-corrected chi connectivity index (χ4v) is 4.22. The Morgan fingerprint density at radius 2 is 1.81 bits per heavy atom. The van der Waals surface area contributed by atoms with E-state index in [0.29, 0.717) is 21.3 Å². The molecule has 0 bridgehead atoms. The third kappa shape index (κ3) is 4.84. The number of anilines is 1. The van der Waals surface area contributed by atoms with Gasteiger partial charge in [0.05, 0.1) is 17.6 Å². The zero-order valence-electron chi connectivity index (χ0n) is 16.9. The minimum atomic E-state index is -0.330. The van der Waals surface area contributed by atoms with Gasteiger partial charge < -0.3 is 10.2 Å². The van der Waals surface area contributed by atoms with Crippen LogP contribution in [-0.2, 0) is 0 Å². The number of hydrogen-bond donors (Lipinski definition) is 1. The van der Waals surface area contributed by atoms with Crippen molar-refractivity contribution in [3.63, 3.8) is 0 Å². The van der Waals surface area contributed by atoms with Crippen LogP contribution in [0, 0.1) is 0 Å². The molecule has 0 aliphatic heterocycles. The van der Waals surface area contributed by atoms with Crippen LogP contribution in [0.5, 0.6) is 0 Å². The Balaban J connectivity index is 1.50. The van der Waals surface area contributed by atoms with Gasteiger partial charge in [0.2, 0.25) is 0 Å². The van der Waals surface area contributed by atoms with E-state index in [-0.39, 0.29) is 11.1 Å². The number of carbonyl (C=O) groups is 2. The molecule has 4 rings (SSSR count). The molecule has 7 nitrogen and oxygen atoms in total. The van der Waals surface area contributed by atoms with E-state index in [1.165, 1.54) is 16.2 Å². The number of rotatable bonds is 5. The summed E-state index contributed by atoms with van der Waals surface area (Å²) >= 11 is 2.44. The predicted octanol–water partition coefficient (Wildman–Crippen LogP) is 5.02. The summed E-state index contributed by atoms with van der Waals surface area (Å²) < 4.78 is 1.77. The lowest BCUT2D eigenvalue weighted by Gasteiger charge is -2.12. The molecule has 156 valence electrons. The van der Waals surface area contributed by atoms with Crippen LogP contribution in [-0.4, -0.2) is 44.9 Å². The van der Waals surface area contributed by atoms with E-state index >= 15 is 0 Å². The van der Waals surface area contributed by atoms with Crippen molar-refractivity contribution in [3.05, 3.63) is 78.1 Å². The van der Waals surface area contributed by atoms with Crippen molar-refractivity contribution >= 4 is 39.9 Å². The summed E-state index contributed by atoms with van der Waals surface area (Å²) in [4.78, 5) is 31.4. The number of carbonyl (C=O) groups excluding carboxylic acids is 2. The molecule has 2 aromatic heterocycles. The second kappa shape index (κ2) is 9.15. The van der Waals surface area contributed by atoms with Crippen LogP contribution in [0.1, 0.15) is 10.5 Å². The number of nitrogens with one attached hydrogen (secondary N) is 1. The Hall–Kier alpha value is -3.43. The van der Waals surface area contributed by atoms with E-state index in [4.69, 9.17) is 0 Å². The third-order valence-electron chi connectivity index (χ3n) is 4.28. The molecule has 0 fully saturated rings. The van der Waals surface area contributed by atoms with Crippen molar-refractivity contribution in [2.45, 2.75) is 4.90 Å². The molecule has 2 heterocycles. The lowest BCUT2D eigenvalue weighted by Crippen LogP contribution is -2.17. The second-order valence-electron chi connectivity index (χ2n) is 6.76. The largest absolute Gasteiger partial charge is 0.339 e. The summed E-state index contributed by atoms with van der Waals surface area (Å²) in [6.45, 7) is 0. The standard InChI is InChI=1S/C22H19N5O2S2/c1-26(2)22(29)31-19-11-7-6-10-17(19)24-20(28)18-14-30-21(25-18)15-12-23-27(13-15)16-8-4-3-5-9-16/h3-14H,1-2H3,(H,24,28). The lowest BCUT2D eigenvalue weighted by atomic mass is 10.3. The number of aromatic nitrogens is 3. The lowest BCUT2D eigenvalue weighted by molar-refractivity contribution is 0.102. The molecule has 0 atom stereocenters. The van der Waals surface area contributed by atoms with Crippen LogP contribution in [0.25, 0.3) is 16.3 Å². The number of hydrogen-bond acceptors (Lipinski definition) is 6. The molecule has 0 spiro atoms. The third-order valence-corrected chi connectivity index (χ3v) is 6.29. The quantitative estimate of drug-likeness (QED) is 0.433. The first-order chi connectivity index (χ1) is 15.0.